The Morgan fingerprint density at radius 3 is 2.78 bits per heavy atom. The minimum Gasteiger partial charge on any atom is -0.297 e. The molecule has 2 heterocycles. The SMILES string of the molecule is C[C@H]1Cn2c(-c3ccccc3Cl)nnc2S1(=O)=O. The maximum absolute atomic E-state index is 12.0. The summed E-state index contributed by atoms with van der Waals surface area (Å²) in [7, 11) is -3.34. The molecular formula is C11H10ClN3O2S. The normalized spacial score (nSPS) is 20.9. The van der Waals surface area contributed by atoms with Gasteiger partial charge in [0.1, 0.15) is 0 Å². The summed E-state index contributed by atoms with van der Waals surface area (Å²) in [5, 5.41) is 7.83. The van der Waals surface area contributed by atoms with Crippen molar-refractivity contribution in [2.75, 3.05) is 0 Å². The Labute approximate surface area is 109 Å². The van der Waals surface area contributed by atoms with Gasteiger partial charge in [-0.25, -0.2) is 8.42 Å². The van der Waals surface area contributed by atoms with Crippen molar-refractivity contribution < 1.29 is 8.42 Å². The van der Waals surface area contributed by atoms with E-state index in [0.29, 0.717) is 23.0 Å². The van der Waals surface area contributed by atoms with E-state index in [4.69, 9.17) is 11.6 Å². The van der Waals surface area contributed by atoms with Gasteiger partial charge >= 0.3 is 0 Å². The van der Waals surface area contributed by atoms with E-state index >= 15 is 0 Å². The number of halogens is 1. The summed E-state index contributed by atoms with van der Waals surface area (Å²) in [4.78, 5) is 0. The number of hydrogen-bond acceptors (Lipinski definition) is 4. The monoisotopic (exact) mass is 283 g/mol. The molecule has 1 aromatic heterocycles. The van der Waals surface area contributed by atoms with Gasteiger partial charge in [0.2, 0.25) is 15.0 Å². The third-order valence-electron chi connectivity index (χ3n) is 3.06. The van der Waals surface area contributed by atoms with Gasteiger partial charge in [-0.05, 0) is 19.1 Å². The number of fused-ring (bicyclic) bond motifs is 1. The second-order valence-electron chi connectivity index (χ2n) is 4.25. The van der Waals surface area contributed by atoms with Crippen LogP contribution in [0.15, 0.2) is 29.4 Å². The van der Waals surface area contributed by atoms with Crippen LogP contribution in [0.3, 0.4) is 0 Å². The van der Waals surface area contributed by atoms with Gasteiger partial charge in [0.05, 0.1) is 10.3 Å². The third-order valence-corrected chi connectivity index (χ3v) is 5.40. The summed E-state index contributed by atoms with van der Waals surface area (Å²) in [6.07, 6.45) is 0. The smallest absolute Gasteiger partial charge is 0.250 e. The number of sulfone groups is 1. The molecule has 1 aromatic carbocycles. The summed E-state index contributed by atoms with van der Waals surface area (Å²) in [5.74, 6) is 0.503. The average Bonchev–Trinajstić information content (AvgIpc) is 2.82. The lowest BCUT2D eigenvalue weighted by Crippen LogP contribution is -2.13. The molecule has 5 nitrogen and oxygen atoms in total. The predicted octanol–water partition coefficient (Wildman–Crippen LogP) is 1.77. The fraction of sp³-hybridized carbons (Fsp3) is 0.273. The number of benzene rings is 1. The largest absolute Gasteiger partial charge is 0.297 e. The van der Waals surface area contributed by atoms with Crippen molar-refractivity contribution in [2.24, 2.45) is 0 Å². The van der Waals surface area contributed by atoms with E-state index in [-0.39, 0.29) is 5.16 Å². The van der Waals surface area contributed by atoms with Crippen LogP contribution in [0, 0.1) is 0 Å². The Balaban J connectivity index is 2.23. The summed E-state index contributed by atoms with van der Waals surface area (Å²) >= 11 is 6.09. The van der Waals surface area contributed by atoms with Crippen molar-refractivity contribution in [1.82, 2.24) is 14.8 Å². The first-order chi connectivity index (χ1) is 8.51. The van der Waals surface area contributed by atoms with Gasteiger partial charge in [0.25, 0.3) is 0 Å². The fourth-order valence-corrected chi connectivity index (χ4v) is 3.59. The first-order valence-electron chi connectivity index (χ1n) is 5.44. The molecule has 0 saturated carbocycles. The van der Waals surface area contributed by atoms with E-state index in [2.05, 4.69) is 10.2 Å². The highest BCUT2D eigenvalue weighted by atomic mass is 35.5. The standard InChI is InChI=1S/C11H10ClN3O2S/c1-7-6-15-10(8-4-2-3-5-9(8)12)13-14-11(15)18(7,16)17/h2-5,7H,6H2,1H3/t7-/m0/s1. The molecular weight excluding hydrogens is 274 g/mol. The fourth-order valence-electron chi connectivity index (χ4n) is 2.04. The molecule has 0 saturated heterocycles. The Hall–Kier alpha value is -1.40. The molecule has 18 heavy (non-hydrogen) atoms. The molecule has 0 aliphatic carbocycles. The Morgan fingerprint density at radius 2 is 2.06 bits per heavy atom. The van der Waals surface area contributed by atoms with Crippen molar-refractivity contribution >= 4 is 21.4 Å². The number of aromatic nitrogens is 3. The molecule has 0 fully saturated rings. The van der Waals surface area contributed by atoms with E-state index in [1.807, 2.05) is 12.1 Å². The van der Waals surface area contributed by atoms with Gasteiger partial charge < -0.3 is 0 Å². The van der Waals surface area contributed by atoms with E-state index in [9.17, 15) is 8.42 Å². The van der Waals surface area contributed by atoms with Gasteiger partial charge in [0, 0.05) is 12.1 Å². The van der Waals surface area contributed by atoms with Crippen molar-refractivity contribution in [3.05, 3.63) is 29.3 Å². The lowest BCUT2D eigenvalue weighted by atomic mass is 10.2. The number of nitrogens with zero attached hydrogens (tertiary/aromatic N) is 3. The first kappa shape index (κ1) is 11.7. The van der Waals surface area contributed by atoms with Crippen LogP contribution in [0.4, 0.5) is 0 Å². The Bertz CT molecular complexity index is 724. The second-order valence-corrected chi connectivity index (χ2v) is 6.92. The summed E-state index contributed by atoms with van der Waals surface area (Å²) in [5.41, 5.74) is 0.696. The number of hydrogen-bond donors (Lipinski definition) is 0. The Kier molecular flexibility index (Phi) is 2.46. The zero-order valence-corrected chi connectivity index (χ0v) is 11.1. The molecule has 0 radical (unpaired) electrons. The van der Waals surface area contributed by atoms with Crippen LogP contribution < -0.4 is 0 Å². The molecule has 0 bridgehead atoms. The van der Waals surface area contributed by atoms with E-state index < -0.39 is 15.1 Å². The molecule has 3 rings (SSSR count). The molecule has 1 aliphatic heterocycles. The van der Waals surface area contributed by atoms with Gasteiger partial charge in [-0.2, -0.15) is 0 Å². The van der Waals surface area contributed by atoms with Gasteiger partial charge in [-0.15, -0.1) is 10.2 Å². The maximum Gasteiger partial charge on any atom is 0.250 e. The van der Waals surface area contributed by atoms with Crippen LogP contribution >= 0.6 is 11.6 Å². The minimum atomic E-state index is -3.34. The second kappa shape index (κ2) is 3.80. The van der Waals surface area contributed by atoms with E-state index in [1.54, 1.807) is 23.6 Å². The van der Waals surface area contributed by atoms with Crippen molar-refractivity contribution in [3.63, 3.8) is 0 Å². The summed E-state index contributed by atoms with van der Waals surface area (Å²) in [6.45, 7) is 2.03. The number of rotatable bonds is 1. The molecule has 1 aliphatic rings. The van der Waals surface area contributed by atoms with Gasteiger partial charge in [-0.1, -0.05) is 23.7 Å². The maximum atomic E-state index is 12.0. The Morgan fingerprint density at radius 1 is 1.33 bits per heavy atom. The van der Waals surface area contributed by atoms with Crippen LogP contribution in [0.2, 0.25) is 5.02 Å². The lowest BCUT2D eigenvalue weighted by Gasteiger charge is -2.04. The van der Waals surface area contributed by atoms with Crippen LogP contribution in [0.1, 0.15) is 6.92 Å². The molecule has 0 N–H and O–H groups in total. The van der Waals surface area contributed by atoms with E-state index in [1.165, 1.54) is 0 Å². The third kappa shape index (κ3) is 1.49. The summed E-state index contributed by atoms with van der Waals surface area (Å²) < 4.78 is 25.5. The summed E-state index contributed by atoms with van der Waals surface area (Å²) in [6, 6.07) is 7.18. The highest BCUT2D eigenvalue weighted by molar-refractivity contribution is 7.92. The van der Waals surface area contributed by atoms with Crippen LogP contribution in [0.5, 0.6) is 0 Å². The quantitative estimate of drug-likeness (QED) is 0.800. The molecule has 0 amide bonds. The molecule has 7 heteroatoms. The van der Waals surface area contributed by atoms with Crippen LogP contribution in [-0.4, -0.2) is 28.4 Å². The van der Waals surface area contributed by atoms with Crippen molar-refractivity contribution in [2.45, 2.75) is 23.9 Å². The first-order valence-corrected chi connectivity index (χ1v) is 7.36. The molecule has 0 spiro atoms. The molecule has 94 valence electrons. The topological polar surface area (TPSA) is 64.8 Å². The van der Waals surface area contributed by atoms with Gasteiger partial charge in [0.15, 0.2) is 5.82 Å². The molecule has 1 atom stereocenters. The van der Waals surface area contributed by atoms with Gasteiger partial charge in [-0.3, -0.25) is 4.57 Å². The van der Waals surface area contributed by atoms with E-state index in [0.717, 1.165) is 0 Å². The van der Waals surface area contributed by atoms with Crippen molar-refractivity contribution in [3.8, 4) is 11.4 Å². The predicted molar refractivity (Wildman–Crippen MR) is 67.1 cm³/mol. The lowest BCUT2D eigenvalue weighted by molar-refractivity contribution is 0.586. The highest BCUT2D eigenvalue weighted by Gasteiger charge is 2.38. The van der Waals surface area contributed by atoms with Crippen LogP contribution in [-0.2, 0) is 16.4 Å². The molecule has 2 aromatic rings. The highest BCUT2D eigenvalue weighted by Crippen LogP contribution is 2.32. The zero-order valence-electron chi connectivity index (χ0n) is 9.54. The van der Waals surface area contributed by atoms with Crippen LogP contribution in [0.25, 0.3) is 11.4 Å². The minimum absolute atomic E-state index is 0.0323. The molecule has 0 unspecified atom stereocenters. The average molecular weight is 284 g/mol. The zero-order chi connectivity index (χ0) is 12.9. The van der Waals surface area contributed by atoms with Crippen molar-refractivity contribution in [1.29, 1.82) is 0 Å².